The molecule has 1 aliphatic heterocycles. The zero-order valence-electron chi connectivity index (χ0n) is 12.8. The lowest BCUT2D eigenvalue weighted by Crippen LogP contribution is -2.35. The van der Waals surface area contributed by atoms with E-state index < -0.39 is 0 Å². The van der Waals surface area contributed by atoms with Gasteiger partial charge in [0.25, 0.3) is 0 Å². The molecule has 0 aromatic heterocycles. The Kier molecular flexibility index (Phi) is 6.02. The zero-order chi connectivity index (χ0) is 15.1. The van der Waals surface area contributed by atoms with Gasteiger partial charge in [-0.2, -0.15) is 0 Å². The summed E-state index contributed by atoms with van der Waals surface area (Å²) in [6.45, 7) is 4.46. The van der Waals surface area contributed by atoms with Crippen LogP contribution in [0.15, 0.2) is 24.3 Å². The van der Waals surface area contributed by atoms with E-state index in [1.54, 1.807) is 0 Å². The molecule has 1 fully saturated rings. The number of amides is 1. The van der Waals surface area contributed by atoms with E-state index in [-0.39, 0.29) is 5.91 Å². The molecule has 0 saturated carbocycles. The fraction of sp³-hybridized carbons (Fsp3) is 0.562. The molecular formula is C16H25N3O2. The number of benzene rings is 1. The Bertz CT molecular complexity index is 465. The number of ether oxygens (including phenoxy) is 1. The number of carbonyl (C=O) groups is 1. The highest BCUT2D eigenvalue weighted by Gasteiger charge is 2.18. The van der Waals surface area contributed by atoms with Gasteiger partial charge in [-0.1, -0.05) is 12.1 Å². The summed E-state index contributed by atoms with van der Waals surface area (Å²) in [5.41, 5.74) is 6.69. The van der Waals surface area contributed by atoms with E-state index in [0.29, 0.717) is 19.7 Å². The van der Waals surface area contributed by atoms with Crippen molar-refractivity contribution in [3.05, 3.63) is 29.8 Å². The van der Waals surface area contributed by atoms with Gasteiger partial charge in [-0.25, -0.2) is 0 Å². The van der Waals surface area contributed by atoms with E-state index >= 15 is 0 Å². The van der Waals surface area contributed by atoms with Crippen LogP contribution < -0.4 is 10.5 Å². The largest absolute Gasteiger partial charge is 0.494 e. The van der Waals surface area contributed by atoms with E-state index in [1.807, 2.05) is 36.2 Å². The molecule has 1 aliphatic rings. The van der Waals surface area contributed by atoms with Crippen LogP contribution >= 0.6 is 0 Å². The predicted molar refractivity (Wildman–Crippen MR) is 83.1 cm³/mol. The first-order chi connectivity index (χ1) is 10.2. The van der Waals surface area contributed by atoms with Gasteiger partial charge in [0.15, 0.2) is 0 Å². The number of hydrogen-bond donors (Lipinski definition) is 1. The second-order valence-electron chi connectivity index (χ2n) is 5.50. The van der Waals surface area contributed by atoms with Crippen LogP contribution in [0.3, 0.4) is 0 Å². The number of nitrogens with zero attached hydrogens (tertiary/aromatic N) is 2. The summed E-state index contributed by atoms with van der Waals surface area (Å²) in [6, 6.07) is 7.88. The molecule has 2 N–H and O–H groups in total. The maximum atomic E-state index is 11.8. The quantitative estimate of drug-likeness (QED) is 0.797. The third kappa shape index (κ3) is 5.02. The third-order valence-electron chi connectivity index (χ3n) is 3.77. The van der Waals surface area contributed by atoms with E-state index in [9.17, 15) is 4.79 Å². The van der Waals surface area contributed by atoms with E-state index in [1.165, 1.54) is 0 Å². The molecule has 0 spiro atoms. The Morgan fingerprint density at radius 1 is 1.33 bits per heavy atom. The van der Waals surface area contributed by atoms with Crippen LogP contribution in [-0.2, 0) is 11.3 Å². The van der Waals surface area contributed by atoms with Crippen LogP contribution in [0, 0.1) is 0 Å². The van der Waals surface area contributed by atoms with Gasteiger partial charge < -0.3 is 15.4 Å². The van der Waals surface area contributed by atoms with Crippen molar-refractivity contribution in [3.8, 4) is 5.75 Å². The predicted octanol–water partition coefficient (Wildman–Crippen LogP) is 1.08. The van der Waals surface area contributed by atoms with E-state index in [2.05, 4.69) is 4.90 Å². The van der Waals surface area contributed by atoms with Crippen molar-refractivity contribution >= 4 is 5.91 Å². The SMILES string of the molecule is CN1CCCN(CCCOc2cccc(CN)c2)CC1=O. The molecule has 1 amide bonds. The average molecular weight is 291 g/mol. The highest BCUT2D eigenvalue weighted by Crippen LogP contribution is 2.13. The summed E-state index contributed by atoms with van der Waals surface area (Å²) in [5.74, 6) is 1.08. The molecule has 1 heterocycles. The normalized spacial score (nSPS) is 16.9. The smallest absolute Gasteiger partial charge is 0.236 e. The maximum absolute atomic E-state index is 11.8. The molecule has 1 aromatic rings. The summed E-state index contributed by atoms with van der Waals surface area (Å²) in [6.07, 6.45) is 1.96. The summed E-state index contributed by atoms with van der Waals surface area (Å²) in [4.78, 5) is 15.8. The minimum atomic E-state index is 0.212. The topological polar surface area (TPSA) is 58.8 Å². The summed E-state index contributed by atoms with van der Waals surface area (Å²) in [7, 11) is 1.87. The number of carbonyl (C=O) groups excluding carboxylic acids is 1. The van der Waals surface area contributed by atoms with E-state index in [4.69, 9.17) is 10.5 Å². The van der Waals surface area contributed by atoms with Gasteiger partial charge in [-0.15, -0.1) is 0 Å². The molecule has 5 nitrogen and oxygen atoms in total. The first-order valence-corrected chi connectivity index (χ1v) is 7.57. The average Bonchev–Trinajstić information content (AvgIpc) is 2.66. The Morgan fingerprint density at radius 2 is 2.19 bits per heavy atom. The standard InChI is InChI=1S/C16H25N3O2/c1-18-7-3-8-19(13-16(18)20)9-4-10-21-15-6-2-5-14(11-15)12-17/h2,5-6,11H,3-4,7-10,12-13,17H2,1H3. The van der Waals surface area contributed by atoms with Gasteiger partial charge in [-0.05, 0) is 30.5 Å². The van der Waals surface area contributed by atoms with Crippen molar-refractivity contribution in [3.63, 3.8) is 0 Å². The molecule has 0 aliphatic carbocycles. The molecule has 5 heteroatoms. The second kappa shape index (κ2) is 8.00. The number of likely N-dealkylation sites (N-methyl/N-ethyl adjacent to an activating group) is 1. The van der Waals surface area contributed by atoms with Gasteiger partial charge in [-0.3, -0.25) is 9.69 Å². The summed E-state index contributed by atoms with van der Waals surface area (Å²) in [5, 5.41) is 0. The summed E-state index contributed by atoms with van der Waals surface area (Å²) >= 11 is 0. The Labute approximate surface area is 126 Å². The fourth-order valence-corrected chi connectivity index (χ4v) is 2.48. The minimum absolute atomic E-state index is 0.212. The highest BCUT2D eigenvalue weighted by molar-refractivity contribution is 5.78. The lowest BCUT2D eigenvalue weighted by molar-refractivity contribution is -0.129. The van der Waals surface area contributed by atoms with E-state index in [0.717, 1.165) is 43.8 Å². The molecule has 21 heavy (non-hydrogen) atoms. The Hall–Kier alpha value is -1.59. The lowest BCUT2D eigenvalue weighted by atomic mass is 10.2. The van der Waals surface area contributed by atoms with Crippen molar-refractivity contribution in [1.82, 2.24) is 9.80 Å². The molecule has 1 saturated heterocycles. The molecular weight excluding hydrogens is 266 g/mol. The number of nitrogens with two attached hydrogens (primary N) is 1. The molecule has 116 valence electrons. The Morgan fingerprint density at radius 3 is 3.00 bits per heavy atom. The first kappa shape index (κ1) is 15.8. The molecule has 0 bridgehead atoms. The molecule has 2 rings (SSSR count). The lowest BCUT2D eigenvalue weighted by Gasteiger charge is -2.19. The van der Waals surface area contributed by atoms with Crippen LogP contribution in [0.2, 0.25) is 0 Å². The number of hydrogen-bond acceptors (Lipinski definition) is 4. The maximum Gasteiger partial charge on any atom is 0.236 e. The first-order valence-electron chi connectivity index (χ1n) is 7.57. The van der Waals surface area contributed by atoms with Crippen molar-refractivity contribution in [2.45, 2.75) is 19.4 Å². The van der Waals surface area contributed by atoms with Crippen LogP contribution in [0.1, 0.15) is 18.4 Å². The van der Waals surface area contributed by atoms with Gasteiger partial charge in [0.05, 0.1) is 13.2 Å². The van der Waals surface area contributed by atoms with Crippen LogP contribution in [-0.4, -0.2) is 55.5 Å². The van der Waals surface area contributed by atoms with Gasteiger partial charge >= 0.3 is 0 Å². The molecule has 0 unspecified atom stereocenters. The Balaban J connectivity index is 1.70. The van der Waals surface area contributed by atoms with Gasteiger partial charge in [0.2, 0.25) is 5.91 Å². The van der Waals surface area contributed by atoms with Crippen LogP contribution in [0.25, 0.3) is 0 Å². The van der Waals surface area contributed by atoms with Crippen molar-refractivity contribution in [2.24, 2.45) is 5.73 Å². The van der Waals surface area contributed by atoms with Gasteiger partial charge in [0.1, 0.15) is 5.75 Å². The number of rotatable bonds is 6. The third-order valence-corrected chi connectivity index (χ3v) is 3.77. The molecule has 1 aromatic carbocycles. The van der Waals surface area contributed by atoms with Gasteiger partial charge in [0, 0.05) is 33.2 Å². The monoisotopic (exact) mass is 291 g/mol. The van der Waals surface area contributed by atoms with Crippen molar-refractivity contribution < 1.29 is 9.53 Å². The van der Waals surface area contributed by atoms with Crippen molar-refractivity contribution in [2.75, 3.05) is 39.8 Å². The highest BCUT2D eigenvalue weighted by atomic mass is 16.5. The summed E-state index contributed by atoms with van der Waals surface area (Å²) < 4.78 is 5.74. The minimum Gasteiger partial charge on any atom is -0.494 e. The van der Waals surface area contributed by atoms with Crippen LogP contribution in [0.4, 0.5) is 0 Å². The molecule has 0 atom stereocenters. The second-order valence-corrected chi connectivity index (χ2v) is 5.50. The fourth-order valence-electron chi connectivity index (χ4n) is 2.48. The van der Waals surface area contributed by atoms with Crippen molar-refractivity contribution in [1.29, 1.82) is 0 Å². The van der Waals surface area contributed by atoms with Crippen LogP contribution in [0.5, 0.6) is 5.75 Å². The molecule has 0 radical (unpaired) electrons. The zero-order valence-corrected chi connectivity index (χ0v) is 12.8.